The minimum Gasteiger partial charge on any atom is -0.460 e. The molecule has 1 aromatic carbocycles. The lowest BCUT2D eigenvalue weighted by Gasteiger charge is -2.11. The van der Waals surface area contributed by atoms with Gasteiger partial charge in [-0.25, -0.2) is 5.90 Å². The Labute approximate surface area is 94.1 Å². The predicted octanol–water partition coefficient (Wildman–Crippen LogP) is 2.66. The Kier molecular flexibility index (Phi) is 2.06. The van der Waals surface area contributed by atoms with Gasteiger partial charge in [-0.2, -0.15) is 0 Å². The van der Waals surface area contributed by atoms with Gasteiger partial charge in [-0.05, 0) is 31.4 Å². The van der Waals surface area contributed by atoms with Crippen LogP contribution >= 0.6 is 0 Å². The van der Waals surface area contributed by atoms with Crippen molar-refractivity contribution >= 4 is 11.0 Å². The normalized spacial score (nSPS) is 17.9. The molecular formula is C13H15NO2. The molecular weight excluding hydrogens is 202 g/mol. The summed E-state index contributed by atoms with van der Waals surface area (Å²) >= 11 is 0. The molecule has 0 amide bonds. The molecule has 16 heavy (non-hydrogen) atoms. The number of furan rings is 1. The van der Waals surface area contributed by atoms with Crippen molar-refractivity contribution in [2.24, 2.45) is 5.90 Å². The summed E-state index contributed by atoms with van der Waals surface area (Å²) in [5, 5.41) is 1.20. The molecule has 2 aromatic rings. The number of para-hydroxylation sites is 1. The van der Waals surface area contributed by atoms with E-state index in [-0.39, 0.29) is 5.41 Å². The average molecular weight is 217 g/mol. The monoisotopic (exact) mass is 217 g/mol. The predicted molar refractivity (Wildman–Crippen MR) is 62.0 cm³/mol. The number of nitrogens with two attached hydrogens (primary N) is 1. The van der Waals surface area contributed by atoms with Gasteiger partial charge in [-0.3, -0.25) is 0 Å². The third-order valence-electron chi connectivity index (χ3n) is 3.54. The number of rotatable bonds is 3. The highest BCUT2D eigenvalue weighted by atomic mass is 16.6. The van der Waals surface area contributed by atoms with Crippen LogP contribution in [0.15, 0.2) is 28.7 Å². The number of hydrogen-bond acceptors (Lipinski definition) is 3. The Bertz CT molecular complexity index is 526. The molecule has 2 N–H and O–H groups in total. The van der Waals surface area contributed by atoms with E-state index in [0.29, 0.717) is 6.61 Å². The van der Waals surface area contributed by atoms with Gasteiger partial charge in [0.1, 0.15) is 11.3 Å². The van der Waals surface area contributed by atoms with Crippen LogP contribution in [0.2, 0.25) is 0 Å². The second kappa shape index (κ2) is 3.34. The van der Waals surface area contributed by atoms with Gasteiger partial charge in [0.25, 0.3) is 0 Å². The first-order valence-electron chi connectivity index (χ1n) is 5.57. The summed E-state index contributed by atoms with van der Waals surface area (Å²) in [6, 6.07) is 8.13. The Morgan fingerprint density at radius 2 is 2.12 bits per heavy atom. The second-order valence-electron chi connectivity index (χ2n) is 4.64. The highest BCUT2D eigenvalue weighted by Crippen LogP contribution is 2.51. The van der Waals surface area contributed by atoms with Gasteiger partial charge in [0, 0.05) is 5.39 Å². The number of aryl methyl sites for hydroxylation is 1. The highest BCUT2D eigenvalue weighted by Gasteiger charge is 2.48. The molecule has 3 heteroatoms. The molecule has 0 saturated heterocycles. The van der Waals surface area contributed by atoms with Crippen LogP contribution in [0.4, 0.5) is 0 Å². The van der Waals surface area contributed by atoms with Crippen molar-refractivity contribution in [3.63, 3.8) is 0 Å². The molecule has 84 valence electrons. The van der Waals surface area contributed by atoms with Crippen molar-refractivity contribution in [2.75, 3.05) is 6.61 Å². The topological polar surface area (TPSA) is 48.4 Å². The van der Waals surface area contributed by atoms with E-state index < -0.39 is 0 Å². The molecule has 1 fully saturated rings. The highest BCUT2D eigenvalue weighted by molar-refractivity contribution is 5.82. The van der Waals surface area contributed by atoms with E-state index in [1.54, 1.807) is 0 Å². The lowest BCUT2D eigenvalue weighted by atomic mass is 10.00. The smallest absolute Gasteiger partial charge is 0.134 e. The van der Waals surface area contributed by atoms with Crippen molar-refractivity contribution in [1.82, 2.24) is 0 Å². The molecule has 1 aliphatic carbocycles. The molecule has 0 radical (unpaired) electrons. The summed E-state index contributed by atoms with van der Waals surface area (Å²) in [6.07, 6.45) is 2.20. The van der Waals surface area contributed by atoms with Crippen LogP contribution in [-0.4, -0.2) is 6.61 Å². The van der Waals surface area contributed by atoms with Crippen LogP contribution < -0.4 is 5.90 Å². The van der Waals surface area contributed by atoms with Gasteiger partial charge in [0.15, 0.2) is 0 Å². The summed E-state index contributed by atoms with van der Waals surface area (Å²) in [4.78, 5) is 4.81. The fourth-order valence-electron chi connectivity index (χ4n) is 2.43. The molecule has 1 heterocycles. The SMILES string of the molecule is Cc1c(C2(CON)CC2)oc2ccccc12. The van der Waals surface area contributed by atoms with Crippen molar-refractivity contribution < 1.29 is 9.25 Å². The fourth-order valence-corrected chi connectivity index (χ4v) is 2.43. The first-order chi connectivity index (χ1) is 7.77. The standard InChI is InChI=1S/C13H15NO2/c1-9-10-4-2-3-5-11(10)16-12(9)13(6-7-13)8-15-14/h2-5H,6-8,14H2,1H3. The van der Waals surface area contributed by atoms with Crippen LogP contribution in [0.25, 0.3) is 11.0 Å². The van der Waals surface area contributed by atoms with Crippen LogP contribution in [-0.2, 0) is 10.3 Å². The quantitative estimate of drug-likeness (QED) is 0.804. The molecule has 0 aliphatic heterocycles. The van der Waals surface area contributed by atoms with Crippen LogP contribution in [0, 0.1) is 6.92 Å². The second-order valence-corrected chi connectivity index (χ2v) is 4.64. The van der Waals surface area contributed by atoms with Crippen LogP contribution in [0.5, 0.6) is 0 Å². The van der Waals surface area contributed by atoms with Gasteiger partial charge in [0.2, 0.25) is 0 Å². The van der Waals surface area contributed by atoms with Gasteiger partial charge >= 0.3 is 0 Å². The molecule has 3 rings (SSSR count). The third-order valence-corrected chi connectivity index (χ3v) is 3.54. The van der Waals surface area contributed by atoms with Gasteiger partial charge in [-0.1, -0.05) is 18.2 Å². The number of benzene rings is 1. The maximum Gasteiger partial charge on any atom is 0.134 e. The molecule has 0 unspecified atom stereocenters. The summed E-state index contributed by atoms with van der Waals surface area (Å²) in [5.74, 6) is 6.25. The molecule has 0 bridgehead atoms. The minimum atomic E-state index is 0.0395. The summed E-state index contributed by atoms with van der Waals surface area (Å²) < 4.78 is 5.94. The molecule has 1 aliphatic rings. The van der Waals surface area contributed by atoms with Crippen LogP contribution in [0.3, 0.4) is 0 Å². The molecule has 0 atom stereocenters. The molecule has 1 saturated carbocycles. The summed E-state index contributed by atoms with van der Waals surface area (Å²) in [6.45, 7) is 2.66. The maximum atomic E-state index is 5.94. The summed E-state index contributed by atoms with van der Waals surface area (Å²) in [5.41, 5.74) is 2.22. The minimum absolute atomic E-state index is 0.0395. The fraction of sp³-hybridized carbons (Fsp3) is 0.385. The van der Waals surface area contributed by atoms with E-state index in [2.05, 4.69) is 13.0 Å². The first kappa shape index (κ1) is 9.87. The maximum absolute atomic E-state index is 5.94. The van der Waals surface area contributed by atoms with E-state index in [4.69, 9.17) is 15.2 Å². The van der Waals surface area contributed by atoms with Crippen molar-refractivity contribution in [2.45, 2.75) is 25.2 Å². The number of hydrogen-bond donors (Lipinski definition) is 1. The zero-order valence-electron chi connectivity index (χ0n) is 9.32. The van der Waals surface area contributed by atoms with E-state index >= 15 is 0 Å². The Morgan fingerprint density at radius 3 is 2.75 bits per heavy atom. The van der Waals surface area contributed by atoms with Crippen LogP contribution in [0.1, 0.15) is 24.2 Å². The van der Waals surface area contributed by atoms with E-state index in [1.807, 2.05) is 18.2 Å². The van der Waals surface area contributed by atoms with E-state index in [9.17, 15) is 0 Å². The van der Waals surface area contributed by atoms with Gasteiger partial charge in [-0.15, -0.1) is 0 Å². The van der Waals surface area contributed by atoms with Crippen molar-refractivity contribution in [1.29, 1.82) is 0 Å². The summed E-state index contributed by atoms with van der Waals surface area (Å²) in [7, 11) is 0. The van der Waals surface area contributed by atoms with E-state index in [0.717, 1.165) is 24.2 Å². The lowest BCUT2D eigenvalue weighted by Crippen LogP contribution is -2.18. The first-order valence-corrected chi connectivity index (χ1v) is 5.57. The van der Waals surface area contributed by atoms with Crippen molar-refractivity contribution in [3.8, 4) is 0 Å². The Balaban J connectivity index is 2.14. The largest absolute Gasteiger partial charge is 0.460 e. The van der Waals surface area contributed by atoms with Crippen molar-refractivity contribution in [3.05, 3.63) is 35.6 Å². The molecule has 0 spiro atoms. The average Bonchev–Trinajstić information content (AvgIpc) is 2.99. The molecule has 3 nitrogen and oxygen atoms in total. The van der Waals surface area contributed by atoms with Gasteiger partial charge in [0.05, 0.1) is 12.0 Å². The third kappa shape index (κ3) is 1.29. The Hall–Kier alpha value is -1.32. The van der Waals surface area contributed by atoms with Gasteiger partial charge < -0.3 is 9.25 Å². The van der Waals surface area contributed by atoms with E-state index in [1.165, 1.54) is 10.9 Å². The number of fused-ring (bicyclic) bond motifs is 1. The molecule has 1 aromatic heterocycles. The lowest BCUT2D eigenvalue weighted by molar-refractivity contribution is 0.110. The zero-order valence-corrected chi connectivity index (χ0v) is 9.32. The Morgan fingerprint density at radius 1 is 1.38 bits per heavy atom. The zero-order chi connectivity index (χ0) is 11.2.